The van der Waals surface area contributed by atoms with E-state index < -0.39 is 0 Å². The Morgan fingerprint density at radius 2 is 2.05 bits per heavy atom. The minimum atomic E-state index is -0.243. The van der Waals surface area contributed by atoms with Gasteiger partial charge in [0.05, 0.1) is 19.2 Å². The van der Waals surface area contributed by atoms with Crippen LogP contribution in [-0.2, 0) is 0 Å². The van der Waals surface area contributed by atoms with Crippen LogP contribution in [0.1, 0.15) is 16.6 Å². The highest BCUT2D eigenvalue weighted by Crippen LogP contribution is 2.19. The first kappa shape index (κ1) is 15.6. The lowest BCUT2D eigenvalue weighted by Crippen LogP contribution is -2.33. The average Bonchev–Trinajstić information content (AvgIpc) is 2.92. The molecule has 2 aromatic rings. The molecule has 1 heterocycles. The number of thiazole rings is 1. The Balaban J connectivity index is 1.83. The Bertz CT molecular complexity index is 601. The van der Waals surface area contributed by atoms with Crippen LogP contribution in [-0.4, -0.2) is 30.6 Å². The van der Waals surface area contributed by atoms with Gasteiger partial charge in [0.2, 0.25) is 0 Å². The minimum absolute atomic E-state index is 0.172. The van der Waals surface area contributed by atoms with Crippen molar-refractivity contribution in [3.63, 3.8) is 0 Å². The minimum Gasteiger partial charge on any atom is -0.497 e. The summed E-state index contributed by atoms with van der Waals surface area (Å²) in [5.41, 5.74) is 1.54. The van der Waals surface area contributed by atoms with Crippen LogP contribution in [0.5, 0.6) is 11.5 Å². The highest BCUT2D eigenvalue weighted by molar-refractivity contribution is 7.12. The van der Waals surface area contributed by atoms with Crippen LogP contribution in [0, 0.1) is 0 Å². The van der Waals surface area contributed by atoms with Gasteiger partial charge in [0, 0.05) is 0 Å². The van der Waals surface area contributed by atoms with Gasteiger partial charge in [-0.05, 0) is 31.2 Å². The van der Waals surface area contributed by atoms with Crippen molar-refractivity contribution in [2.24, 2.45) is 0 Å². The SMILES string of the molecule is COc1ccc(OC(C)CNC(=O)c2scnc2Cl)cc1. The fourth-order valence-corrected chi connectivity index (χ4v) is 2.54. The molecule has 112 valence electrons. The third-order valence-electron chi connectivity index (χ3n) is 2.68. The number of ether oxygens (including phenoxy) is 2. The molecule has 2 rings (SSSR count). The Kier molecular flexibility index (Phi) is 5.41. The predicted molar refractivity (Wildman–Crippen MR) is 82.5 cm³/mol. The van der Waals surface area contributed by atoms with Gasteiger partial charge in [-0.1, -0.05) is 11.6 Å². The van der Waals surface area contributed by atoms with E-state index in [2.05, 4.69) is 10.3 Å². The molecule has 1 N–H and O–H groups in total. The molecule has 0 aliphatic carbocycles. The first-order chi connectivity index (χ1) is 10.1. The number of hydrogen-bond donors (Lipinski definition) is 1. The lowest BCUT2D eigenvalue weighted by molar-refractivity contribution is 0.0936. The van der Waals surface area contributed by atoms with Crippen LogP contribution in [0.25, 0.3) is 0 Å². The van der Waals surface area contributed by atoms with E-state index in [1.807, 2.05) is 31.2 Å². The summed E-state index contributed by atoms with van der Waals surface area (Å²) in [5, 5.41) is 2.99. The zero-order valence-corrected chi connectivity index (χ0v) is 13.2. The second kappa shape index (κ2) is 7.28. The van der Waals surface area contributed by atoms with Gasteiger partial charge in [0.1, 0.15) is 22.5 Å². The third kappa shape index (κ3) is 4.34. The quantitative estimate of drug-likeness (QED) is 0.886. The summed E-state index contributed by atoms with van der Waals surface area (Å²) in [6.07, 6.45) is -0.172. The number of methoxy groups -OCH3 is 1. The number of nitrogens with one attached hydrogen (secondary N) is 1. The van der Waals surface area contributed by atoms with Crippen molar-refractivity contribution in [3.8, 4) is 11.5 Å². The molecule has 7 heteroatoms. The Morgan fingerprint density at radius 1 is 1.38 bits per heavy atom. The topological polar surface area (TPSA) is 60.5 Å². The van der Waals surface area contributed by atoms with Gasteiger partial charge in [-0.3, -0.25) is 4.79 Å². The van der Waals surface area contributed by atoms with Crippen LogP contribution in [0.15, 0.2) is 29.8 Å². The van der Waals surface area contributed by atoms with Crippen LogP contribution in [0.4, 0.5) is 0 Å². The molecule has 1 aromatic carbocycles. The fraction of sp³-hybridized carbons (Fsp3) is 0.286. The Morgan fingerprint density at radius 3 is 2.62 bits per heavy atom. The molecule has 0 bridgehead atoms. The van der Waals surface area contributed by atoms with E-state index in [-0.39, 0.29) is 17.2 Å². The van der Waals surface area contributed by atoms with Crippen molar-refractivity contribution in [2.45, 2.75) is 13.0 Å². The van der Waals surface area contributed by atoms with Crippen molar-refractivity contribution >= 4 is 28.8 Å². The molecule has 0 saturated heterocycles. The zero-order chi connectivity index (χ0) is 15.2. The number of rotatable bonds is 6. The molecule has 21 heavy (non-hydrogen) atoms. The van der Waals surface area contributed by atoms with Crippen molar-refractivity contribution in [1.29, 1.82) is 0 Å². The summed E-state index contributed by atoms with van der Waals surface area (Å²) < 4.78 is 10.8. The van der Waals surface area contributed by atoms with Crippen LogP contribution in [0.2, 0.25) is 5.15 Å². The van der Waals surface area contributed by atoms with E-state index >= 15 is 0 Å². The van der Waals surface area contributed by atoms with E-state index in [0.29, 0.717) is 17.2 Å². The van der Waals surface area contributed by atoms with E-state index in [4.69, 9.17) is 21.1 Å². The predicted octanol–water partition coefficient (Wildman–Crippen LogP) is 3.00. The molecule has 0 aliphatic rings. The molecule has 1 unspecified atom stereocenters. The number of aromatic nitrogens is 1. The molecule has 0 spiro atoms. The summed E-state index contributed by atoms with van der Waals surface area (Å²) in [4.78, 5) is 16.1. The van der Waals surface area contributed by atoms with Crippen LogP contribution < -0.4 is 14.8 Å². The Hall–Kier alpha value is -1.79. The molecular formula is C14H15ClN2O3S. The number of hydrogen-bond acceptors (Lipinski definition) is 5. The second-order valence-electron chi connectivity index (χ2n) is 4.29. The van der Waals surface area contributed by atoms with Gasteiger partial charge in [-0.15, -0.1) is 11.3 Å². The maximum Gasteiger partial charge on any atom is 0.264 e. The highest BCUT2D eigenvalue weighted by atomic mass is 35.5. The summed E-state index contributed by atoms with van der Waals surface area (Å²) in [6.45, 7) is 2.25. The maximum atomic E-state index is 11.9. The Labute approximate surface area is 131 Å². The van der Waals surface area contributed by atoms with Crippen molar-refractivity contribution in [2.75, 3.05) is 13.7 Å². The van der Waals surface area contributed by atoms with Crippen LogP contribution >= 0.6 is 22.9 Å². The molecule has 0 radical (unpaired) electrons. The van der Waals surface area contributed by atoms with E-state index in [0.717, 1.165) is 5.75 Å². The first-order valence-corrected chi connectivity index (χ1v) is 7.54. The van der Waals surface area contributed by atoms with Gasteiger partial charge in [-0.25, -0.2) is 4.98 Å². The van der Waals surface area contributed by atoms with Crippen molar-refractivity contribution in [1.82, 2.24) is 10.3 Å². The molecule has 0 fully saturated rings. The highest BCUT2D eigenvalue weighted by Gasteiger charge is 2.14. The normalized spacial score (nSPS) is 11.8. The zero-order valence-electron chi connectivity index (χ0n) is 11.6. The standard InChI is InChI=1S/C14H15ClN2O3S/c1-9(20-11-5-3-10(19-2)4-6-11)7-16-14(18)12-13(15)17-8-21-12/h3-6,8-9H,7H2,1-2H3,(H,16,18). The summed E-state index contributed by atoms with van der Waals surface area (Å²) in [6, 6.07) is 7.27. The lowest BCUT2D eigenvalue weighted by atomic mass is 10.3. The monoisotopic (exact) mass is 326 g/mol. The van der Waals surface area contributed by atoms with Gasteiger partial charge in [0.15, 0.2) is 5.15 Å². The first-order valence-electron chi connectivity index (χ1n) is 6.28. The largest absolute Gasteiger partial charge is 0.497 e. The number of carbonyl (C=O) groups is 1. The molecular weight excluding hydrogens is 312 g/mol. The lowest BCUT2D eigenvalue weighted by Gasteiger charge is -2.15. The molecule has 0 saturated carbocycles. The number of halogens is 1. The summed E-state index contributed by atoms with van der Waals surface area (Å²) in [7, 11) is 1.61. The summed E-state index contributed by atoms with van der Waals surface area (Å²) in [5.74, 6) is 1.24. The number of carbonyl (C=O) groups excluding carboxylic acids is 1. The van der Waals surface area contributed by atoms with Gasteiger partial charge < -0.3 is 14.8 Å². The van der Waals surface area contributed by atoms with E-state index in [1.54, 1.807) is 7.11 Å². The summed E-state index contributed by atoms with van der Waals surface area (Å²) >= 11 is 7.01. The second-order valence-corrected chi connectivity index (χ2v) is 5.50. The van der Waals surface area contributed by atoms with Crippen LogP contribution in [0.3, 0.4) is 0 Å². The molecule has 1 aromatic heterocycles. The number of nitrogens with zero attached hydrogens (tertiary/aromatic N) is 1. The van der Waals surface area contributed by atoms with E-state index in [1.165, 1.54) is 16.8 Å². The van der Waals surface area contributed by atoms with Gasteiger partial charge >= 0.3 is 0 Å². The van der Waals surface area contributed by atoms with Gasteiger partial charge in [0.25, 0.3) is 5.91 Å². The van der Waals surface area contributed by atoms with E-state index in [9.17, 15) is 4.79 Å². The molecule has 0 aliphatic heterocycles. The van der Waals surface area contributed by atoms with Crippen molar-refractivity contribution < 1.29 is 14.3 Å². The number of benzene rings is 1. The third-order valence-corrected chi connectivity index (χ3v) is 3.90. The number of amides is 1. The van der Waals surface area contributed by atoms with Gasteiger partial charge in [-0.2, -0.15) is 0 Å². The molecule has 5 nitrogen and oxygen atoms in total. The maximum absolute atomic E-state index is 11.9. The fourth-order valence-electron chi connectivity index (χ4n) is 1.62. The smallest absolute Gasteiger partial charge is 0.264 e. The average molecular weight is 327 g/mol. The molecule has 1 amide bonds. The van der Waals surface area contributed by atoms with Crippen molar-refractivity contribution in [3.05, 3.63) is 39.8 Å². The molecule has 1 atom stereocenters.